The lowest BCUT2D eigenvalue weighted by Gasteiger charge is -2.46. The number of aliphatic imine (C=N–C) groups is 2. The lowest BCUT2D eigenvalue weighted by molar-refractivity contribution is 0.0489. The van der Waals surface area contributed by atoms with Gasteiger partial charge in [-0.1, -0.05) is 48.5 Å². The van der Waals surface area contributed by atoms with Crippen molar-refractivity contribution in [3.05, 3.63) is 72.4 Å². The van der Waals surface area contributed by atoms with Crippen molar-refractivity contribution in [2.75, 3.05) is 19.6 Å². The number of hydrogen-bond donors (Lipinski definition) is 1. The zero-order chi connectivity index (χ0) is 23.4. The SMILES string of the molecule is NC1=NC=NC2C1C(c1ccc3ccc(-c4ccccc4)nc3c1)=CN2C1CC(CN2CCC2)C1. The summed E-state index contributed by atoms with van der Waals surface area (Å²) in [5.74, 6) is 1.45. The molecule has 1 aliphatic carbocycles. The summed E-state index contributed by atoms with van der Waals surface area (Å²) in [4.78, 5) is 19.2. The fraction of sp³-hybridized carbons (Fsp3) is 0.345. The number of nitrogens with two attached hydrogens (primary N) is 1. The molecule has 3 aliphatic heterocycles. The Morgan fingerprint density at radius 1 is 0.943 bits per heavy atom. The number of pyridine rings is 1. The van der Waals surface area contributed by atoms with Crippen LogP contribution in [0.5, 0.6) is 0 Å². The van der Waals surface area contributed by atoms with Crippen LogP contribution < -0.4 is 5.73 Å². The minimum atomic E-state index is -0.0100. The average Bonchev–Trinajstić information content (AvgIpc) is 3.22. The Morgan fingerprint density at radius 3 is 2.57 bits per heavy atom. The third-order valence-electron chi connectivity index (χ3n) is 8.16. The van der Waals surface area contributed by atoms with Gasteiger partial charge in [0.05, 0.1) is 17.1 Å². The summed E-state index contributed by atoms with van der Waals surface area (Å²) in [7, 11) is 0. The zero-order valence-electron chi connectivity index (χ0n) is 19.8. The van der Waals surface area contributed by atoms with Crippen LogP contribution in [-0.4, -0.2) is 58.8 Å². The van der Waals surface area contributed by atoms with Gasteiger partial charge in [-0.3, -0.25) is 0 Å². The fourth-order valence-electron chi connectivity index (χ4n) is 6.04. The van der Waals surface area contributed by atoms with Crippen molar-refractivity contribution in [1.82, 2.24) is 14.8 Å². The lowest BCUT2D eigenvalue weighted by atomic mass is 9.78. The predicted molar refractivity (Wildman–Crippen MR) is 142 cm³/mol. The first kappa shape index (κ1) is 20.8. The van der Waals surface area contributed by atoms with Crippen molar-refractivity contribution in [1.29, 1.82) is 0 Å². The summed E-state index contributed by atoms with van der Waals surface area (Å²) in [6.45, 7) is 3.81. The summed E-state index contributed by atoms with van der Waals surface area (Å²) >= 11 is 0. The molecule has 4 heterocycles. The van der Waals surface area contributed by atoms with E-state index in [1.54, 1.807) is 6.34 Å². The second-order valence-electron chi connectivity index (χ2n) is 10.4. The summed E-state index contributed by atoms with van der Waals surface area (Å²) < 4.78 is 0. The molecule has 1 aromatic heterocycles. The minimum Gasteiger partial charge on any atom is -0.386 e. The first-order chi connectivity index (χ1) is 17.2. The van der Waals surface area contributed by atoms with Crippen LogP contribution in [0.1, 0.15) is 24.8 Å². The first-order valence-electron chi connectivity index (χ1n) is 12.8. The second kappa shape index (κ2) is 8.31. The molecule has 0 amide bonds. The topological polar surface area (TPSA) is 70.1 Å². The molecule has 7 rings (SSSR count). The Kier molecular flexibility index (Phi) is 4.94. The Labute approximate surface area is 205 Å². The van der Waals surface area contributed by atoms with Crippen molar-refractivity contribution in [3.63, 3.8) is 0 Å². The number of hydrogen-bond acceptors (Lipinski definition) is 6. The van der Waals surface area contributed by atoms with E-state index in [0.717, 1.165) is 33.6 Å². The number of rotatable bonds is 5. The molecule has 6 heteroatoms. The van der Waals surface area contributed by atoms with Crippen molar-refractivity contribution in [3.8, 4) is 11.3 Å². The van der Waals surface area contributed by atoms with Gasteiger partial charge in [-0.25, -0.2) is 15.0 Å². The number of aromatic nitrogens is 1. The summed E-state index contributed by atoms with van der Waals surface area (Å²) in [6, 6.07) is 21.7. The van der Waals surface area contributed by atoms with Gasteiger partial charge in [0.2, 0.25) is 0 Å². The monoisotopic (exact) mass is 462 g/mol. The molecule has 0 bridgehead atoms. The largest absolute Gasteiger partial charge is 0.386 e. The van der Waals surface area contributed by atoms with Gasteiger partial charge in [-0.15, -0.1) is 0 Å². The highest BCUT2D eigenvalue weighted by Crippen LogP contribution is 2.44. The van der Waals surface area contributed by atoms with Gasteiger partial charge >= 0.3 is 0 Å². The Balaban J connectivity index is 1.20. The van der Waals surface area contributed by atoms with Crippen LogP contribution in [0.2, 0.25) is 0 Å². The molecule has 6 nitrogen and oxygen atoms in total. The van der Waals surface area contributed by atoms with Crippen molar-refractivity contribution in [2.45, 2.75) is 31.5 Å². The molecular weight excluding hydrogens is 432 g/mol. The molecule has 1 saturated heterocycles. The highest BCUT2D eigenvalue weighted by molar-refractivity contribution is 6.01. The molecule has 2 fully saturated rings. The van der Waals surface area contributed by atoms with E-state index in [-0.39, 0.29) is 12.1 Å². The molecule has 3 aromatic rings. The lowest BCUT2D eigenvalue weighted by Crippen LogP contribution is -2.52. The van der Waals surface area contributed by atoms with E-state index in [4.69, 9.17) is 15.7 Å². The van der Waals surface area contributed by atoms with E-state index < -0.39 is 0 Å². The molecule has 0 radical (unpaired) electrons. The first-order valence-corrected chi connectivity index (χ1v) is 12.8. The third-order valence-corrected chi connectivity index (χ3v) is 8.16. The van der Waals surface area contributed by atoms with E-state index in [9.17, 15) is 0 Å². The highest BCUT2D eigenvalue weighted by atomic mass is 15.3. The summed E-state index contributed by atoms with van der Waals surface area (Å²) in [5.41, 5.74) is 11.9. The van der Waals surface area contributed by atoms with Crippen LogP contribution in [-0.2, 0) is 0 Å². The van der Waals surface area contributed by atoms with Gasteiger partial charge in [0.25, 0.3) is 0 Å². The van der Waals surface area contributed by atoms with Crippen LogP contribution in [0.3, 0.4) is 0 Å². The maximum absolute atomic E-state index is 6.47. The van der Waals surface area contributed by atoms with E-state index in [1.165, 1.54) is 44.5 Å². The fourth-order valence-corrected chi connectivity index (χ4v) is 6.04. The third kappa shape index (κ3) is 3.64. The summed E-state index contributed by atoms with van der Waals surface area (Å²) in [5, 5.41) is 1.14. The maximum Gasteiger partial charge on any atom is 0.136 e. The molecule has 0 spiro atoms. The molecule has 1 saturated carbocycles. The quantitative estimate of drug-likeness (QED) is 0.611. The van der Waals surface area contributed by atoms with E-state index in [2.05, 4.69) is 75.6 Å². The number of fused-ring (bicyclic) bond motifs is 2. The molecule has 2 unspecified atom stereocenters. The van der Waals surface area contributed by atoms with Gasteiger partial charge in [-0.05, 0) is 61.5 Å². The van der Waals surface area contributed by atoms with Gasteiger partial charge in [0.15, 0.2) is 0 Å². The number of nitrogens with zero attached hydrogens (tertiary/aromatic N) is 5. The molecule has 2 atom stereocenters. The minimum absolute atomic E-state index is 0.0100. The second-order valence-corrected chi connectivity index (χ2v) is 10.4. The number of likely N-dealkylation sites (tertiary alicyclic amines) is 1. The Bertz CT molecular complexity index is 1350. The van der Waals surface area contributed by atoms with Crippen molar-refractivity contribution >= 4 is 28.7 Å². The van der Waals surface area contributed by atoms with Crippen LogP contribution in [0, 0.1) is 11.8 Å². The van der Waals surface area contributed by atoms with Crippen molar-refractivity contribution in [2.24, 2.45) is 27.6 Å². The average molecular weight is 463 g/mol. The normalized spacial score (nSPS) is 27.7. The number of amidine groups is 1. The smallest absolute Gasteiger partial charge is 0.136 e. The molecule has 35 heavy (non-hydrogen) atoms. The number of benzene rings is 2. The van der Waals surface area contributed by atoms with E-state index >= 15 is 0 Å². The van der Waals surface area contributed by atoms with E-state index in [0.29, 0.717) is 11.9 Å². The van der Waals surface area contributed by atoms with Crippen LogP contribution in [0.25, 0.3) is 27.7 Å². The van der Waals surface area contributed by atoms with E-state index in [1.807, 2.05) is 6.07 Å². The Morgan fingerprint density at radius 2 is 1.77 bits per heavy atom. The van der Waals surface area contributed by atoms with Crippen LogP contribution >= 0.6 is 0 Å². The summed E-state index contributed by atoms with van der Waals surface area (Å²) in [6.07, 6.45) is 7.79. The van der Waals surface area contributed by atoms with Crippen molar-refractivity contribution < 1.29 is 0 Å². The molecular formula is C29H30N6. The molecule has 2 N–H and O–H groups in total. The van der Waals surface area contributed by atoms with Gasteiger partial charge in [0.1, 0.15) is 18.3 Å². The Hall–Kier alpha value is -3.51. The van der Waals surface area contributed by atoms with Gasteiger partial charge < -0.3 is 15.5 Å². The van der Waals surface area contributed by atoms with Gasteiger partial charge in [0, 0.05) is 29.7 Å². The standard InChI is InChI=1S/C29H30N6/c30-28-27-24(17-35(29(27)32-18-31-28)23-13-19(14-23)16-34-11-4-12-34)22-8-7-21-9-10-25(33-26(21)15-22)20-5-2-1-3-6-20/h1-3,5-10,15,17-19,23,27,29H,4,11-14,16H2,(H2,30,31,32). The highest BCUT2D eigenvalue weighted by Gasteiger charge is 2.45. The molecule has 2 aromatic carbocycles. The molecule has 176 valence electrons. The zero-order valence-corrected chi connectivity index (χ0v) is 19.8. The maximum atomic E-state index is 6.47. The predicted octanol–water partition coefficient (Wildman–Crippen LogP) is 4.38. The van der Waals surface area contributed by atoms with Crippen LogP contribution in [0.15, 0.2) is 76.8 Å². The molecule has 4 aliphatic rings. The van der Waals surface area contributed by atoms with Gasteiger partial charge in [-0.2, -0.15) is 0 Å². The van der Waals surface area contributed by atoms with Crippen LogP contribution in [0.4, 0.5) is 0 Å².